The van der Waals surface area contributed by atoms with E-state index in [1.807, 2.05) is 26.0 Å². The minimum Gasteiger partial charge on any atom is -0.478 e. The Hall–Kier alpha value is -1.57. The standard InChI is InChI=1S/C14H16O2.C2H6/c15-14(16)13-9-7-12(8-10-13)11-5-3-1-2-4-6-11;1-2/h5,7-10H,1-4,6H2,(H,15,16);1-2H3. The number of carboxylic acid groups (broad SMARTS) is 1. The third kappa shape index (κ3) is 4.02. The molecule has 1 aliphatic rings. The summed E-state index contributed by atoms with van der Waals surface area (Å²) < 4.78 is 0. The molecule has 0 unspecified atom stereocenters. The van der Waals surface area contributed by atoms with Crippen molar-refractivity contribution in [3.05, 3.63) is 41.5 Å². The topological polar surface area (TPSA) is 37.3 Å². The van der Waals surface area contributed by atoms with E-state index >= 15 is 0 Å². The molecular weight excluding hydrogens is 224 g/mol. The third-order valence-corrected chi connectivity index (χ3v) is 3.04. The number of carbonyl (C=O) groups is 1. The van der Waals surface area contributed by atoms with E-state index in [1.54, 1.807) is 12.1 Å². The first kappa shape index (κ1) is 14.5. The van der Waals surface area contributed by atoms with E-state index in [0.29, 0.717) is 5.56 Å². The quantitative estimate of drug-likeness (QED) is 0.817. The van der Waals surface area contributed by atoms with Gasteiger partial charge in [0.05, 0.1) is 5.56 Å². The van der Waals surface area contributed by atoms with Gasteiger partial charge >= 0.3 is 5.97 Å². The van der Waals surface area contributed by atoms with Gasteiger partial charge in [-0.25, -0.2) is 4.79 Å². The maximum atomic E-state index is 10.7. The molecule has 0 heterocycles. The van der Waals surface area contributed by atoms with Gasteiger partial charge < -0.3 is 5.11 Å². The first-order valence-electron chi connectivity index (χ1n) is 6.80. The minimum atomic E-state index is -0.860. The van der Waals surface area contributed by atoms with Crippen molar-refractivity contribution in [2.75, 3.05) is 0 Å². The van der Waals surface area contributed by atoms with E-state index in [9.17, 15) is 4.79 Å². The zero-order valence-corrected chi connectivity index (χ0v) is 11.3. The van der Waals surface area contributed by atoms with E-state index in [0.717, 1.165) is 12.8 Å². The summed E-state index contributed by atoms with van der Waals surface area (Å²) in [5.74, 6) is -0.860. The van der Waals surface area contributed by atoms with E-state index in [1.165, 1.54) is 30.4 Å². The highest BCUT2D eigenvalue weighted by molar-refractivity contribution is 5.88. The fourth-order valence-corrected chi connectivity index (χ4v) is 2.10. The molecule has 0 saturated carbocycles. The van der Waals surface area contributed by atoms with Crippen molar-refractivity contribution < 1.29 is 9.90 Å². The van der Waals surface area contributed by atoms with Crippen LogP contribution in [0, 0.1) is 0 Å². The van der Waals surface area contributed by atoms with Gasteiger partial charge in [-0.15, -0.1) is 0 Å². The van der Waals surface area contributed by atoms with Crippen LogP contribution < -0.4 is 0 Å². The van der Waals surface area contributed by atoms with Crippen molar-refractivity contribution in [2.45, 2.75) is 46.0 Å². The molecule has 1 aromatic rings. The average molecular weight is 246 g/mol. The molecule has 1 aromatic carbocycles. The van der Waals surface area contributed by atoms with Crippen molar-refractivity contribution in [3.63, 3.8) is 0 Å². The number of hydrogen-bond donors (Lipinski definition) is 1. The zero-order valence-electron chi connectivity index (χ0n) is 11.3. The fraction of sp³-hybridized carbons (Fsp3) is 0.438. The van der Waals surface area contributed by atoms with Crippen LogP contribution in [0.3, 0.4) is 0 Å². The van der Waals surface area contributed by atoms with E-state index < -0.39 is 5.97 Å². The van der Waals surface area contributed by atoms with Crippen molar-refractivity contribution in [1.29, 1.82) is 0 Å². The van der Waals surface area contributed by atoms with Gasteiger partial charge in [0.25, 0.3) is 0 Å². The largest absolute Gasteiger partial charge is 0.478 e. The molecule has 2 nitrogen and oxygen atoms in total. The summed E-state index contributed by atoms with van der Waals surface area (Å²) in [5.41, 5.74) is 2.90. The van der Waals surface area contributed by atoms with Crippen LogP contribution >= 0.6 is 0 Å². The lowest BCUT2D eigenvalue weighted by atomic mass is 10.00. The molecule has 0 atom stereocenters. The Morgan fingerprint density at radius 1 is 1.06 bits per heavy atom. The summed E-state index contributed by atoms with van der Waals surface area (Å²) in [6, 6.07) is 7.20. The predicted octanol–water partition coefficient (Wildman–Crippen LogP) is 4.76. The minimum absolute atomic E-state index is 0.359. The lowest BCUT2D eigenvalue weighted by Gasteiger charge is -2.05. The normalized spacial score (nSPS) is 14.9. The summed E-state index contributed by atoms with van der Waals surface area (Å²) in [6.07, 6.45) is 8.38. The van der Waals surface area contributed by atoms with Crippen molar-refractivity contribution in [2.24, 2.45) is 0 Å². The highest BCUT2D eigenvalue weighted by atomic mass is 16.4. The van der Waals surface area contributed by atoms with Gasteiger partial charge in [0.2, 0.25) is 0 Å². The van der Waals surface area contributed by atoms with Gasteiger partial charge in [-0.1, -0.05) is 38.5 Å². The maximum absolute atomic E-state index is 10.7. The fourth-order valence-electron chi connectivity index (χ4n) is 2.10. The molecule has 2 rings (SSSR count). The summed E-state index contributed by atoms with van der Waals surface area (Å²) in [6.45, 7) is 4.00. The number of benzene rings is 1. The number of allylic oxidation sites excluding steroid dienone is 2. The number of carboxylic acids is 1. The Bertz CT molecular complexity index is 402. The van der Waals surface area contributed by atoms with Crippen LogP contribution in [-0.2, 0) is 0 Å². The first-order chi connectivity index (χ1) is 8.77. The van der Waals surface area contributed by atoms with E-state index in [4.69, 9.17) is 5.11 Å². The van der Waals surface area contributed by atoms with Crippen LogP contribution in [0.1, 0.15) is 61.9 Å². The van der Waals surface area contributed by atoms with Gasteiger partial charge in [0.1, 0.15) is 0 Å². The first-order valence-corrected chi connectivity index (χ1v) is 6.80. The average Bonchev–Trinajstić information content (AvgIpc) is 2.70. The molecule has 1 aliphatic carbocycles. The molecule has 0 fully saturated rings. The second-order valence-electron chi connectivity index (χ2n) is 4.21. The van der Waals surface area contributed by atoms with Gasteiger partial charge in [0.15, 0.2) is 0 Å². The van der Waals surface area contributed by atoms with Crippen molar-refractivity contribution in [1.82, 2.24) is 0 Å². The number of hydrogen-bond acceptors (Lipinski definition) is 1. The Labute approximate surface area is 109 Å². The molecule has 0 radical (unpaired) electrons. The molecular formula is C16H22O2. The monoisotopic (exact) mass is 246 g/mol. The highest BCUT2D eigenvalue weighted by Gasteiger charge is 2.07. The Balaban J connectivity index is 0.000000771. The molecule has 18 heavy (non-hydrogen) atoms. The van der Waals surface area contributed by atoms with Crippen LogP contribution in [0.5, 0.6) is 0 Å². The lowest BCUT2D eigenvalue weighted by molar-refractivity contribution is 0.0697. The summed E-state index contributed by atoms with van der Waals surface area (Å²) in [5, 5.41) is 8.82. The molecule has 2 heteroatoms. The van der Waals surface area contributed by atoms with Crippen LogP contribution in [0.25, 0.3) is 5.57 Å². The second-order valence-corrected chi connectivity index (χ2v) is 4.21. The SMILES string of the molecule is CC.O=C(O)c1ccc(C2=CCCCCC2)cc1. The van der Waals surface area contributed by atoms with Crippen LogP contribution in [0.15, 0.2) is 30.3 Å². The van der Waals surface area contributed by atoms with Crippen molar-refractivity contribution >= 4 is 11.5 Å². The molecule has 0 saturated heterocycles. The summed E-state index contributed by atoms with van der Waals surface area (Å²) in [7, 11) is 0. The van der Waals surface area contributed by atoms with E-state index in [2.05, 4.69) is 6.08 Å². The molecule has 0 spiro atoms. The van der Waals surface area contributed by atoms with Crippen molar-refractivity contribution in [3.8, 4) is 0 Å². The smallest absolute Gasteiger partial charge is 0.335 e. The predicted molar refractivity (Wildman–Crippen MR) is 75.8 cm³/mol. The van der Waals surface area contributed by atoms with Gasteiger partial charge in [-0.05, 0) is 49.0 Å². The third-order valence-electron chi connectivity index (χ3n) is 3.04. The van der Waals surface area contributed by atoms with Gasteiger partial charge in [0, 0.05) is 0 Å². The summed E-state index contributed by atoms with van der Waals surface area (Å²) >= 11 is 0. The Morgan fingerprint density at radius 2 is 1.72 bits per heavy atom. The van der Waals surface area contributed by atoms with Gasteiger partial charge in [-0.2, -0.15) is 0 Å². The number of rotatable bonds is 2. The molecule has 0 amide bonds. The zero-order chi connectivity index (χ0) is 13.4. The Morgan fingerprint density at radius 3 is 2.33 bits per heavy atom. The molecule has 1 N–H and O–H groups in total. The van der Waals surface area contributed by atoms with Crippen LogP contribution in [0.4, 0.5) is 0 Å². The summed E-state index contributed by atoms with van der Waals surface area (Å²) in [4.78, 5) is 10.7. The lowest BCUT2D eigenvalue weighted by Crippen LogP contribution is -1.95. The van der Waals surface area contributed by atoms with Gasteiger partial charge in [-0.3, -0.25) is 0 Å². The van der Waals surface area contributed by atoms with Crippen LogP contribution in [0.2, 0.25) is 0 Å². The Kier molecular flexibility index (Phi) is 6.20. The maximum Gasteiger partial charge on any atom is 0.335 e. The molecule has 0 aliphatic heterocycles. The molecule has 0 aromatic heterocycles. The highest BCUT2D eigenvalue weighted by Crippen LogP contribution is 2.26. The second kappa shape index (κ2) is 7.70. The van der Waals surface area contributed by atoms with E-state index in [-0.39, 0.29) is 0 Å². The van der Waals surface area contributed by atoms with Crippen LogP contribution in [-0.4, -0.2) is 11.1 Å². The molecule has 0 bridgehead atoms. The number of aromatic carboxylic acids is 1. The molecule has 98 valence electrons.